The molecule has 29 heavy (non-hydrogen) atoms. The molecule has 1 aliphatic heterocycles. The van der Waals surface area contributed by atoms with Crippen LogP contribution in [-0.4, -0.2) is 54.2 Å². The molecule has 0 saturated carbocycles. The first-order valence-electron chi connectivity index (χ1n) is 8.80. The van der Waals surface area contributed by atoms with Gasteiger partial charge in [-0.15, -0.1) is 0 Å². The first kappa shape index (κ1) is 20.3. The van der Waals surface area contributed by atoms with Gasteiger partial charge in [-0.1, -0.05) is 6.07 Å². The molecule has 1 amide bonds. The predicted octanol–water partition coefficient (Wildman–Crippen LogP) is 2.26. The molecular weight excluding hydrogens is 381 g/mol. The van der Waals surface area contributed by atoms with Gasteiger partial charge in [-0.2, -0.15) is 0 Å². The number of hydrogen-bond acceptors (Lipinski definition) is 6. The summed E-state index contributed by atoms with van der Waals surface area (Å²) in [6, 6.07) is 8.82. The maximum atomic E-state index is 13.2. The van der Waals surface area contributed by atoms with Gasteiger partial charge in [0.1, 0.15) is 11.6 Å². The third-order valence-electron chi connectivity index (χ3n) is 4.72. The van der Waals surface area contributed by atoms with Crippen LogP contribution in [0.1, 0.15) is 17.2 Å². The molecule has 1 aliphatic rings. The number of carbonyl (C=O) groups excluding carboxylic acids is 2. The molecule has 1 fully saturated rings. The topological polar surface area (TPSA) is 96.3 Å². The number of hydrogen-bond donors (Lipinski definition) is 2. The Kier molecular flexibility index (Phi) is 5.84. The van der Waals surface area contributed by atoms with Gasteiger partial charge in [0, 0.05) is 12.1 Å². The smallest absolute Gasteiger partial charge is 0.295 e. The molecule has 0 spiro atoms. The third-order valence-corrected chi connectivity index (χ3v) is 4.72. The Morgan fingerprint density at radius 1 is 1.07 bits per heavy atom. The number of rotatable bonds is 6. The Morgan fingerprint density at radius 2 is 1.72 bits per heavy atom. The van der Waals surface area contributed by atoms with Gasteiger partial charge in [-0.05, 0) is 42.0 Å². The zero-order valence-corrected chi connectivity index (χ0v) is 15.9. The van der Waals surface area contributed by atoms with Gasteiger partial charge in [0.25, 0.3) is 11.7 Å². The molecule has 2 N–H and O–H groups in total. The fourth-order valence-corrected chi connectivity index (χ4v) is 3.35. The van der Waals surface area contributed by atoms with Crippen LogP contribution in [0.5, 0.6) is 11.5 Å². The quantitative estimate of drug-likeness (QED) is 0.438. The summed E-state index contributed by atoms with van der Waals surface area (Å²) in [6.45, 7) is -0.475. The second kappa shape index (κ2) is 8.32. The number of methoxy groups -OCH3 is 2. The fraction of sp³-hybridized carbons (Fsp3) is 0.238. The lowest BCUT2D eigenvalue weighted by Gasteiger charge is -2.25. The molecule has 1 unspecified atom stereocenters. The number of aliphatic hydroxyl groups is 2. The van der Waals surface area contributed by atoms with Gasteiger partial charge in [-0.3, -0.25) is 9.59 Å². The summed E-state index contributed by atoms with van der Waals surface area (Å²) >= 11 is 0. The summed E-state index contributed by atoms with van der Waals surface area (Å²) in [5.41, 5.74) is 0.528. The molecule has 8 heteroatoms. The number of β-amino-alcohol motifs (C(OH)–C–C–N with tert-alkyl or cyclic N) is 1. The van der Waals surface area contributed by atoms with E-state index in [1.165, 1.54) is 31.3 Å². The van der Waals surface area contributed by atoms with Gasteiger partial charge < -0.3 is 24.6 Å². The standard InChI is InChI=1S/C21H20FNO6/c1-28-15-8-5-13(11-16(15)29-2)18-17(20(26)21(27)23(18)9-10-24)19(25)12-3-6-14(22)7-4-12/h3-8,11,18,24-25H,9-10H2,1-2H3/b19-17-. The number of likely N-dealkylation sites (tertiary alicyclic amines) is 1. The second-order valence-corrected chi connectivity index (χ2v) is 6.34. The highest BCUT2D eigenvalue weighted by Crippen LogP contribution is 2.41. The van der Waals surface area contributed by atoms with Crippen LogP contribution in [0.2, 0.25) is 0 Å². The third kappa shape index (κ3) is 3.66. The van der Waals surface area contributed by atoms with Gasteiger partial charge in [0.2, 0.25) is 0 Å². The number of Topliss-reactive ketones (excluding diaryl/α,β-unsaturated/α-hetero) is 1. The number of benzene rings is 2. The Balaban J connectivity index is 2.20. The van der Waals surface area contributed by atoms with E-state index in [0.29, 0.717) is 17.1 Å². The Bertz CT molecular complexity index is 970. The highest BCUT2D eigenvalue weighted by molar-refractivity contribution is 6.46. The van der Waals surface area contributed by atoms with Crippen molar-refractivity contribution in [1.29, 1.82) is 0 Å². The number of aliphatic hydroxyl groups excluding tert-OH is 2. The maximum absolute atomic E-state index is 13.2. The van der Waals surface area contributed by atoms with Gasteiger partial charge in [-0.25, -0.2) is 4.39 Å². The van der Waals surface area contributed by atoms with Crippen molar-refractivity contribution in [2.75, 3.05) is 27.4 Å². The van der Waals surface area contributed by atoms with E-state index in [-0.39, 0.29) is 24.3 Å². The molecule has 2 aromatic carbocycles. The summed E-state index contributed by atoms with van der Waals surface area (Å²) in [5, 5.41) is 20.2. The van der Waals surface area contributed by atoms with Gasteiger partial charge in [0.15, 0.2) is 11.5 Å². The minimum absolute atomic E-state index is 0.107. The van der Waals surface area contributed by atoms with Crippen molar-refractivity contribution in [3.8, 4) is 11.5 Å². The van der Waals surface area contributed by atoms with Crippen molar-refractivity contribution < 1.29 is 33.7 Å². The Hall–Kier alpha value is -3.39. The lowest BCUT2D eigenvalue weighted by molar-refractivity contribution is -0.140. The van der Waals surface area contributed by atoms with E-state index in [2.05, 4.69) is 0 Å². The number of halogens is 1. The largest absolute Gasteiger partial charge is 0.507 e. The van der Waals surface area contributed by atoms with E-state index in [4.69, 9.17) is 9.47 Å². The van der Waals surface area contributed by atoms with Crippen LogP contribution in [0.3, 0.4) is 0 Å². The minimum atomic E-state index is -0.952. The van der Waals surface area contributed by atoms with Crippen molar-refractivity contribution in [3.63, 3.8) is 0 Å². The lowest BCUT2D eigenvalue weighted by Crippen LogP contribution is -2.32. The summed E-state index contributed by atoms with van der Waals surface area (Å²) in [7, 11) is 2.93. The molecule has 0 bridgehead atoms. The normalized spacial score (nSPS) is 18.2. The second-order valence-electron chi connectivity index (χ2n) is 6.34. The highest BCUT2D eigenvalue weighted by Gasteiger charge is 2.46. The number of amides is 1. The zero-order chi connectivity index (χ0) is 21.1. The molecular formula is C21H20FNO6. The van der Waals surface area contributed by atoms with Crippen molar-refractivity contribution in [2.24, 2.45) is 0 Å². The predicted molar refractivity (Wildman–Crippen MR) is 102 cm³/mol. The molecule has 2 aromatic rings. The van der Waals surface area contributed by atoms with Crippen molar-refractivity contribution >= 4 is 17.4 Å². The molecule has 0 aromatic heterocycles. The van der Waals surface area contributed by atoms with Crippen LogP contribution in [-0.2, 0) is 9.59 Å². The summed E-state index contributed by atoms with van der Waals surface area (Å²) in [4.78, 5) is 26.5. The van der Waals surface area contributed by atoms with Crippen LogP contribution in [0.15, 0.2) is 48.0 Å². The number of ketones is 1. The van der Waals surface area contributed by atoms with E-state index in [9.17, 15) is 24.2 Å². The van der Waals surface area contributed by atoms with Gasteiger partial charge in [0.05, 0.1) is 32.4 Å². The van der Waals surface area contributed by atoms with E-state index < -0.39 is 29.3 Å². The van der Waals surface area contributed by atoms with Crippen LogP contribution >= 0.6 is 0 Å². The fourth-order valence-electron chi connectivity index (χ4n) is 3.35. The molecule has 0 aliphatic carbocycles. The maximum Gasteiger partial charge on any atom is 0.295 e. The minimum Gasteiger partial charge on any atom is -0.507 e. The van der Waals surface area contributed by atoms with Crippen molar-refractivity contribution in [2.45, 2.75) is 6.04 Å². The molecule has 152 valence electrons. The van der Waals surface area contributed by atoms with Gasteiger partial charge >= 0.3 is 0 Å². The van der Waals surface area contributed by atoms with E-state index in [0.717, 1.165) is 12.1 Å². The summed E-state index contributed by atoms with van der Waals surface area (Å²) in [5.74, 6) is -1.83. The molecule has 0 radical (unpaired) electrons. The molecule has 7 nitrogen and oxygen atoms in total. The molecule has 1 heterocycles. The van der Waals surface area contributed by atoms with Crippen LogP contribution in [0.4, 0.5) is 4.39 Å². The Labute approximate surface area is 166 Å². The molecule has 3 rings (SSSR count). The van der Waals surface area contributed by atoms with Crippen molar-refractivity contribution in [1.82, 2.24) is 4.90 Å². The molecule has 1 saturated heterocycles. The number of nitrogens with zero attached hydrogens (tertiary/aromatic N) is 1. The SMILES string of the molecule is COc1ccc(C2/C(=C(/O)c3ccc(F)cc3)C(=O)C(=O)N2CCO)cc1OC. The van der Waals surface area contributed by atoms with Crippen LogP contribution in [0, 0.1) is 5.82 Å². The molecule has 1 atom stereocenters. The zero-order valence-electron chi connectivity index (χ0n) is 15.9. The van der Waals surface area contributed by atoms with E-state index in [1.807, 2.05) is 0 Å². The Morgan fingerprint density at radius 3 is 2.31 bits per heavy atom. The van der Waals surface area contributed by atoms with Crippen molar-refractivity contribution in [3.05, 3.63) is 65.0 Å². The first-order chi connectivity index (χ1) is 13.9. The monoisotopic (exact) mass is 401 g/mol. The van der Waals surface area contributed by atoms with Crippen LogP contribution < -0.4 is 9.47 Å². The van der Waals surface area contributed by atoms with Crippen LogP contribution in [0.25, 0.3) is 5.76 Å². The summed E-state index contributed by atoms with van der Waals surface area (Å²) < 4.78 is 23.8. The first-order valence-corrected chi connectivity index (χ1v) is 8.80. The highest BCUT2D eigenvalue weighted by atomic mass is 19.1. The van der Waals surface area contributed by atoms with E-state index in [1.54, 1.807) is 18.2 Å². The number of carbonyl (C=O) groups is 2. The van der Waals surface area contributed by atoms with E-state index >= 15 is 0 Å². The number of ether oxygens (including phenoxy) is 2. The average Bonchev–Trinajstić information content (AvgIpc) is 2.98. The lowest BCUT2D eigenvalue weighted by atomic mass is 9.95. The summed E-state index contributed by atoms with van der Waals surface area (Å²) in [6.07, 6.45) is 0. The average molecular weight is 401 g/mol.